The maximum absolute atomic E-state index is 13.1. The van der Waals surface area contributed by atoms with E-state index in [4.69, 9.17) is 4.74 Å². The molecule has 0 bridgehead atoms. The van der Waals surface area contributed by atoms with Gasteiger partial charge in [0, 0.05) is 31.3 Å². The largest absolute Gasteiger partial charge is 0.457 e. The standard InChI is InChI=1S/C23H20N2O5/c1-24(2)20-13-12-17(14-21(20)25(28)29)22(26)18-10-6-7-11-19(18)23(27)30-15-16-8-4-3-5-9-16/h3-14H,15H2,1-2H3. The Hall–Kier alpha value is -4.00. The number of esters is 1. The Kier molecular flexibility index (Phi) is 6.22. The summed E-state index contributed by atoms with van der Waals surface area (Å²) < 4.78 is 5.35. The topological polar surface area (TPSA) is 89.8 Å². The van der Waals surface area contributed by atoms with E-state index < -0.39 is 16.7 Å². The number of ether oxygens (including phenoxy) is 1. The van der Waals surface area contributed by atoms with Gasteiger partial charge in [-0.3, -0.25) is 14.9 Å². The van der Waals surface area contributed by atoms with E-state index in [-0.39, 0.29) is 29.0 Å². The van der Waals surface area contributed by atoms with Crippen LogP contribution in [0.15, 0.2) is 72.8 Å². The second kappa shape index (κ2) is 9.00. The van der Waals surface area contributed by atoms with Crippen LogP contribution in [-0.4, -0.2) is 30.8 Å². The van der Waals surface area contributed by atoms with Gasteiger partial charge >= 0.3 is 5.97 Å². The summed E-state index contributed by atoms with van der Waals surface area (Å²) in [6.07, 6.45) is 0. The smallest absolute Gasteiger partial charge is 0.339 e. The fraction of sp³-hybridized carbons (Fsp3) is 0.130. The molecular formula is C23H20N2O5. The lowest BCUT2D eigenvalue weighted by molar-refractivity contribution is -0.384. The first-order valence-corrected chi connectivity index (χ1v) is 9.19. The van der Waals surface area contributed by atoms with E-state index in [0.717, 1.165) is 5.56 Å². The number of nitro benzene ring substituents is 1. The number of benzene rings is 3. The van der Waals surface area contributed by atoms with E-state index in [1.54, 1.807) is 31.1 Å². The average molecular weight is 404 g/mol. The van der Waals surface area contributed by atoms with Gasteiger partial charge in [0.25, 0.3) is 5.69 Å². The molecule has 0 aliphatic heterocycles. The van der Waals surface area contributed by atoms with Crippen molar-refractivity contribution in [2.75, 3.05) is 19.0 Å². The molecule has 0 radical (unpaired) electrons. The molecule has 30 heavy (non-hydrogen) atoms. The molecular weight excluding hydrogens is 384 g/mol. The van der Waals surface area contributed by atoms with Crippen molar-refractivity contribution in [3.8, 4) is 0 Å². The number of carbonyl (C=O) groups excluding carboxylic acids is 2. The number of anilines is 1. The summed E-state index contributed by atoms with van der Waals surface area (Å²) >= 11 is 0. The van der Waals surface area contributed by atoms with E-state index in [9.17, 15) is 19.7 Å². The van der Waals surface area contributed by atoms with Gasteiger partial charge in [-0.2, -0.15) is 0 Å². The van der Waals surface area contributed by atoms with E-state index in [0.29, 0.717) is 5.69 Å². The number of ketones is 1. The number of rotatable bonds is 7. The van der Waals surface area contributed by atoms with Gasteiger partial charge in [0.2, 0.25) is 0 Å². The van der Waals surface area contributed by atoms with Crippen LogP contribution in [0, 0.1) is 10.1 Å². The van der Waals surface area contributed by atoms with E-state index in [1.165, 1.54) is 30.3 Å². The molecule has 3 aromatic carbocycles. The first kappa shape index (κ1) is 20.7. The lowest BCUT2D eigenvalue weighted by Crippen LogP contribution is -2.14. The highest BCUT2D eigenvalue weighted by Crippen LogP contribution is 2.29. The molecule has 0 fully saturated rings. The fourth-order valence-corrected chi connectivity index (χ4v) is 3.00. The molecule has 3 aromatic rings. The molecule has 0 saturated carbocycles. The number of nitrogens with zero attached hydrogens (tertiary/aromatic N) is 2. The van der Waals surface area contributed by atoms with Crippen LogP contribution in [0.25, 0.3) is 0 Å². The van der Waals surface area contributed by atoms with Crippen LogP contribution in [0.4, 0.5) is 11.4 Å². The minimum atomic E-state index is -0.637. The minimum Gasteiger partial charge on any atom is -0.457 e. The molecule has 0 amide bonds. The monoisotopic (exact) mass is 404 g/mol. The van der Waals surface area contributed by atoms with Crippen molar-refractivity contribution >= 4 is 23.1 Å². The van der Waals surface area contributed by atoms with Crippen molar-refractivity contribution < 1.29 is 19.2 Å². The van der Waals surface area contributed by atoms with Crippen LogP contribution in [0.5, 0.6) is 0 Å². The van der Waals surface area contributed by atoms with Crippen LogP contribution in [0.2, 0.25) is 0 Å². The van der Waals surface area contributed by atoms with Gasteiger partial charge in [-0.25, -0.2) is 4.79 Å². The van der Waals surface area contributed by atoms with Gasteiger partial charge < -0.3 is 9.64 Å². The third-order valence-electron chi connectivity index (χ3n) is 4.52. The number of hydrogen-bond donors (Lipinski definition) is 0. The zero-order valence-corrected chi connectivity index (χ0v) is 16.6. The molecule has 0 unspecified atom stereocenters. The molecule has 0 saturated heterocycles. The van der Waals surface area contributed by atoms with Crippen molar-refractivity contribution in [3.63, 3.8) is 0 Å². The third-order valence-corrected chi connectivity index (χ3v) is 4.52. The Bertz CT molecular complexity index is 1090. The Morgan fingerprint density at radius 3 is 2.20 bits per heavy atom. The third kappa shape index (κ3) is 4.52. The summed E-state index contributed by atoms with van der Waals surface area (Å²) in [5, 5.41) is 11.4. The highest BCUT2D eigenvalue weighted by atomic mass is 16.6. The molecule has 0 aromatic heterocycles. The molecule has 7 heteroatoms. The molecule has 0 N–H and O–H groups in total. The predicted molar refractivity (Wildman–Crippen MR) is 113 cm³/mol. The predicted octanol–water partition coefficient (Wildman–Crippen LogP) is 4.25. The summed E-state index contributed by atoms with van der Waals surface area (Å²) in [6.45, 7) is 0.0746. The number of nitro groups is 1. The Morgan fingerprint density at radius 2 is 1.57 bits per heavy atom. The second-order valence-corrected chi connectivity index (χ2v) is 6.79. The van der Waals surface area contributed by atoms with Crippen molar-refractivity contribution in [3.05, 3.63) is 105 Å². The van der Waals surface area contributed by atoms with Crippen molar-refractivity contribution in [2.24, 2.45) is 0 Å². The van der Waals surface area contributed by atoms with E-state index >= 15 is 0 Å². The lowest BCUT2D eigenvalue weighted by atomic mass is 9.97. The Morgan fingerprint density at radius 1 is 0.933 bits per heavy atom. The quantitative estimate of drug-likeness (QED) is 0.253. The zero-order chi connectivity index (χ0) is 21.7. The summed E-state index contributed by atoms with van der Waals surface area (Å²) in [4.78, 5) is 38.2. The molecule has 0 aliphatic rings. The van der Waals surface area contributed by atoms with Crippen molar-refractivity contribution in [1.29, 1.82) is 0 Å². The Balaban J connectivity index is 1.89. The second-order valence-electron chi connectivity index (χ2n) is 6.79. The normalized spacial score (nSPS) is 10.3. The van der Waals surface area contributed by atoms with Gasteiger partial charge in [-0.05, 0) is 23.8 Å². The van der Waals surface area contributed by atoms with E-state index in [2.05, 4.69) is 0 Å². The molecule has 152 valence electrons. The number of carbonyl (C=O) groups is 2. The first-order valence-electron chi connectivity index (χ1n) is 9.19. The lowest BCUT2D eigenvalue weighted by Gasteiger charge is -2.14. The summed E-state index contributed by atoms with van der Waals surface area (Å²) in [5.74, 6) is -1.13. The van der Waals surface area contributed by atoms with Gasteiger partial charge in [-0.1, -0.05) is 48.5 Å². The van der Waals surface area contributed by atoms with Crippen LogP contribution < -0.4 is 4.90 Å². The van der Waals surface area contributed by atoms with Crippen LogP contribution in [-0.2, 0) is 11.3 Å². The minimum absolute atomic E-state index is 0.0746. The van der Waals surface area contributed by atoms with Crippen molar-refractivity contribution in [2.45, 2.75) is 6.61 Å². The summed E-state index contributed by atoms with van der Waals surface area (Å²) in [5.41, 5.74) is 1.38. The first-order chi connectivity index (χ1) is 14.4. The van der Waals surface area contributed by atoms with Crippen LogP contribution in [0.3, 0.4) is 0 Å². The molecule has 7 nitrogen and oxygen atoms in total. The number of hydrogen-bond acceptors (Lipinski definition) is 6. The van der Waals surface area contributed by atoms with Crippen LogP contribution in [0.1, 0.15) is 31.8 Å². The fourth-order valence-electron chi connectivity index (χ4n) is 3.00. The van der Waals surface area contributed by atoms with Gasteiger partial charge in [-0.15, -0.1) is 0 Å². The maximum atomic E-state index is 13.1. The molecule has 0 spiro atoms. The zero-order valence-electron chi connectivity index (χ0n) is 16.6. The molecule has 0 heterocycles. The summed E-state index contributed by atoms with van der Waals surface area (Å²) in [6, 6.07) is 19.7. The van der Waals surface area contributed by atoms with Crippen LogP contribution >= 0.6 is 0 Å². The maximum Gasteiger partial charge on any atom is 0.339 e. The van der Waals surface area contributed by atoms with Gasteiger partial charge in [0.1, 0.15) is 12.3 Å². The average Bonchev–Trinajstić information content (AvgIpc) is 2.77. The van der Waals surface area contributed by atoms with Crippen molar-refractivity contribution in [1.82, 2.24) is 0 Å². The van der Waals surface area contributed by atoms with E-state index in [1.807, 2.05) is 30.3 Å². The summed E-state index contributed by atoms with van der Waals surface area (Å²) in [7, 11) is 3.36. The SMILES string of the molecule is CN(C)c1ccc(C(=O)c2ccccc2C(=O)OCc2ccccc2)cc1[N+](=O)[O-]. The molecule has 0 atom stereocenters. The van der Waals surface area contributed by atoms with Gasteiger partial charge in [0.05, 0.1) is 10.5 Å². The highest BCUT2D eigenvalue weighted by molar-refractivity contribution is 6.14. The Labute approximate surface area is 173 Å². The van der Waals surface area contributed by atoms with Gasteiger partial charge in [0.15, 0.2) is 5.78 Å². The molecule has 3 rings (SSSR count). The highest BCUT2D eigenvalue weighted by Gasteiger charge is 2.23. The molecule has 0 aliphatic carbocycles.